The Labute approximate surface area is 156 Å². The van der Waals surface area contributed by atoms with Crippen LogP contribution < -0.4 is 22.0 Å². The number of benzene rings is 1. The third kappa shape index (κ3) is 3.49. The Balaban J connectivity index is 1.61. The first kappa shape index (κ1) is 17.1. The van der Waals surface area contributed by atoms with Crippen molar-refractivity contribution in [1.82, 2.24) is 24.8 Å². The van der Waals surface area contributed by atoms with Crippen molar-refractivity contribution in [3.63, 3.8) is 0 Å². The van der Waals surface area contributed by atoms with Gasteiger partial charge in [-0.3, -0.25) is 4.68 Å². The molecule has 3 aromatic rings. The zero-order valence-electron chi connectivity index (χ0n) is 15.0. The molecular formula is C18H22N8O. The van der Waals surface area contributed by atoms with E-state index < -0.39 is 0 Å². The molecule has 1 saturated carbocycles. The number of methoxy groups -OCH3 is 1. The van der Waals surface area contributed by atoms with Crippen molar-refractivity contribution >= 4 is 22.5 Å². The molecule has 140 valence electrons. The fourth-order valence-corrected chi connectivity index (χ4v) is 3.00. The molecule has 1 aliphatic carbocycles. The number of nitrogen functional groups attached to an aromatic ring is 1. The summed E-state index contributed by atoms with van der Waals surface area (Å²) in [6.45, 7) is 0.433. The van der Waals surface area contributed by atoms with E-state index in [1.807, 2.05) is 35.1 Å². The van der Waals surface area contributed by atoms with E-state index >= 15 is 0 Å². The monoisotopic (exact) mass is 366 g/mol. The van der Waals surface area contributed by atoms with Gasteiger partial charge >= 0.3 is 0 Å². The summed E-state index contributed by atoms with van der Waals surface area (Å²) in [5, 5.41) is 6.77. The van der Waals surface area contributed by atoms with E-state index in [0.29, 0.717) is 35.2 Å². The van der Waals surface area contributed by atoms with Crippen LogP contribution in [0, 0.1) is 0 Å². The van der Waals surface area contributed by atoms with Gasteiger partial charge in [-0.2, -0.15) is 5.10 Å². The van der Waals surface area contributed by atoms with Crippen molar-refractivity contribution in [1.29, 1.82) is 0 Å². The number of nitrogens with two attached hydrogens (primary N) is 3. The minimum Gasteiger partial charge on any atom is -0.494 e. The van der Waals surface area contributed by atoms with E-state index in [9.17, 15) is 0 Å². The molecule has 0 radical (unpaired) electrons. The Morgan fingerprint density at radius 3 is 2.89 bits per heavy atom. The van der Waals surface area contributed by atoms with Crippen molar-refractivity contribution in [2.24, 2.45) is 11.6 Å². The highest BCUT2D eigenvalue weighted by molar-refractivity contribution is 5.93. The highest BCUT2D eigenvalue weighted by Crippen LogP contribution is 2.34. The average molecular weight is 366 g/mol. The van der Waals surface area contributed by atoms with Gasteiger partial charge in [-0.1, -0.05) is 12.1 Å². The topological polar surface area (TPSA) is 134 Å². The summed E-state index contributed by atoms with van der Waals surface area (Å²) in [6, 6.07) is 8.03. The second kappa shape index (κ2) is 6.76. The zero-order valence-corrected chi connectivity index (χ0v) is 15.0. The number of hydrogen-bond acceptors (Lipinski definition) is 8. The molecule has 1 aromatic carbocycles. The highest BCUT2D eigenvalue weighted by Gasteiger charge is 2.24. The summed E-state index contributed by atoms with van der Waals surface area (Å²) in [7, 11) is 1.58. The Bertz CT molecular complexity index is 1010. The van der Waals surface area contributed by atoms with E-state index in [0.717, 1.165) is 11.1 Å². The van der Waals surface area contributed by atoms with Crippen LogP contribution in [-0.2, 0) is 6.54 Å². The predicted molar refractivity (Wildman–Crippen MR) is 103 cm³/mol. The highest BCUT2D eigenvalue weighted by atomic mass is 16.5. The third-order valence-electron chi connectivity index (χ3n) is 4.43. The number of nitrogens with zero attached hydrogens (tertiary/aromatic N) is 5. The molecule has 0 amide bonds. The Morgan fingerprint density at radius 2 is 2.15 bits per heavy atom. The van der Waals surface area contributed by atoms with Gasteiger partial charge in [0, 0.05) is 17.8 Å². The Kier molecular flexibility index (Phi) is 4.28. The van der Waals surface area contributed by atoms with E-state index in [-0.39, 0.29) is 5.95 Å². The van der Waals surface area contributed by atoms with E-state index in [4.69, 9.17) is 22.0 Å². The van der Waals surface area contributed by atoms with E-state index in [1.54, 1.807) is 13.3 Å². The van der Waals surface area contributed by atoms with Crippen LogP contribution in [0.25, 0.3) is 16.6 Å². The van der Waals surface area contributed by atoms with E-state index in [1.165, 1.54) is 17.9 Å². The van der Waals surface area contributed by atoms with Crippen molar-refractivity contribution in [2.45, 2.75) is 25.4 Å². The number of ether oxygens (including phenoxy) is 1. The average Bonchev–Trinajstić information content (AvgIpc) is 3.40. The number of anilines is 1. The summed E-state index contributed by atoms with van der Waals surface area (Å²) < 4.78 is 7.34. The standard InChI is InChI=1S/C18H22N8O/c1-27-15-4-2-3-13-16(22-18(20)23-17(13)15)14(19)10-25(21)9-11-7-8-26(24-11)12-5-6-12/h2-4,7-8,10,12H,5-6,9,19,21H2,1H3,(H2,20,22,23)/b14-10-. The van der Waals surface area contributed by atoms with Gasteiger partial charge in [0.05, 0.1) is 31.1 Å². The quantitative estimate of drug-likeness (QED) is 0.440. The molecule has 1 aliphatic rings. The van der Waals surface area contributed by atoms with Gasteiger partial charge in [-0.05, 0) is 25.0 Å². The van der Waals surface area contributed by atoms with Crippen molar-refractivity contribution in [3.05, 3.63) is 48.1 Å². The van der Waals surface area contributed by atoms with Crippen LogP contribution in [0.2, 0.25) is 0 Å². The summed E-state index contributed by atoms with van der Waals surface area (Å²) >= 11 is 0. The van der Waals surface area contributed by atoms with Gasteiger partial charge in [0.15, 0.2) is 0 Å². The van der Waals surface area contributed by atoms with Crippen LogP contribution in [0.4, 0.5) is 5.95 Å². The minimum absolute atomic E-state index is 0.116. The second-order valence-corrected chi connectivity index (χ2v) is 6.56. The van der Waals surface area contributed by atoms with Gasteiger partial charge in [-0.15, -0.1) is 0 Å². The van der Waals surface area contributed by atoms with E-state index in [2.05, 4.69) is 15.1 Å². The second-order valence-electron chi connectivity index (χ2n) is 6.56. The molecule has 1 fully saturated rings. The lowest BCUT2D eigenvalue weighted by Crippen LogP contribution is -2.26. The molecular weight excluding hydrogens is 344 g/mol. The fourth-order valence-electron chi connectivity index (χ4n) is 3.00. The number of aromatic nitrogens is 4. The summed E-state index contributed by atoms with van der Waals surface area (Å²) in [4.78, 5) is 8.55. The molecule has 0 aliphatic heterocycles. The van der Waals surface area contributed by atoms with Crippen molar-refractivity contribution in [3.8, 4) is 5.75 Å². The maximum atomic E-state index is 6.27. The molecule has 0 unspecified atom stereocenters. The normalized spacial score (nSPS) is 14.5. The number of fused-ring (bicyclic) bond motifs is 1. The maximum Gasteiger partial charge on any atom is 0.221 e. The number of hydrazine groups is 1. The summed E-state index contributed by atoms with van der Waals surface area (Å²) in [5.74, 6) is 6.83. The van der Waals surface area contributed by atoms with Crippen molar-refractivity contribution in [2.75, 3.05) is 12.8 Å². The lowest BCUT2D eigenvalue weighted by molar-refractivity contribution is 0.379. The van der Waals surface area contributed by atoms with Crippen LogP contribution in [0.1, 0.15) is 30.3 Å². The molecule has 4 rings (SSSR count). The van der Waals surface area contributed by atoms with Gasteiger partial charge in [0.2, 0.25) is 5.95 Å². The molecule has 0 spiro atoms. The molecule has 2 heterocycles. The summed E-state index contributed by atoms with van der Waals surface area (Å²) in [6.07, 6.45) is 5.98. The molecule has 9 nitrogen and oxygen atoms in total. The van der Waals surface area contributed by atoms with Crippen molar-refractivity contribution < 1.29 is 4.74 Å². The number of hydrogen-bond donors (Lipinski definition) is 3. The van der Waals surface area contributed by atoms with Crippen LogP contribution in [-0.4, -0.2) is 31.9 Å². The van der Waals surface area contributed by atoms with Crippen LogP contribution in [0.3, 0.4) is 0 Å². The largest absolute Gasteiger partial charge is 0.494 e. The van der Waals surface area contributed by atoms with Gasteiger partial charge in [0.1, 0.15) is 17.0 Å². The van der Waals surface area contributed by atoms with Crippen LogP contribution in [0.5, 0.6) is 5.75 Å². The first-order valence-electron chi connectivity index (χ1n) is 8.68. The molecule has 2 aromatic heterocycles. The molecule has 0 atom stereocenters. The first-order valence-corrected chi connectivity index (χ1v) is 8.68. The fraction of sp³-hybridized carbons (Fsp3) is 0.278. The maximum absolute atomic E-state index is 6.27. The summed E-state index contributed by atoms with van der Waals surface area (Å²) in [5.41, 5.74) is 14.5. The zero-order chi connectivity index (χ0) is 19.0. The molecule has 9 heteroatoms. The Hall–Kier alpha value is -3.33. The first-order chi connectivity index (χ1) is 13.0. The van der Waals surface area contributed by atoms with Gasteiger partial charge < -0.3 is 21.2 Å². The smallest absolute Gasteiger partial charge is 0.221 e. The SMILES string of the molecule is COc1cccc2c(/C(N)=C/N(N)Cc3ccn(C4CC4)n3)nc(N)nc12. The van der Waals surface area contributed by atoms with Gasteiger partial charge in [0.25, 0.3) is 0 Å². The third-order valence-corrected chi connectivity index (χ3v) is 4.43. The number of para-hydroxylation sites is 1. The molecule has 27 heavy (non-hydrogen) atoms. The van der Waals surface area contributed by atoms with Crippen LogP contribution in [0.15, 0.2) is 36.7 Å². The molecule has 0 saturated heterocycles. The predicted octanol–water partition coefficient (Wildman–Crippen LogP) is 1.39. The number of rotatable bonds is 6. The lowest BCUT2D eigenvalue weighted by atomic mass is 10.1. The lowest BCUT2D eigenvalue weighted by Gasteiger charge is -2.15. The molecule has 0 bridgehead atoms. The minimum atomic E-state index is 0.116. The van der Waals surface area contributed by atoms with Crippen LogP contribution >= 0.6 is 0 Å². The molecule has 6 N–H and O–H groups in total. The Morgan fingerprint density at radius 1 is 1.33 bits per heavy atom. The van der Waals surface area contributed by atoms with Gasteiger partial charge in [-0.25, -0.2) is 15.8 Å².